The normalized spacial score (nSPS) is 14.2. The van der Waals surface area contributed by atoms with Crippen molar-refractivity contribution in [3.63, 3.8) is 0 Å². The number of Topliss-reactive ketones (excluding diaryl/α,β-unsaturated/α-hetero) is 2. The molecular weight excluding hydrogens is 1210 g/mol. The van der Waals surface area contributed by atoms with Crippen LogP contribution in [0.2, 0.25) is 13.1 Å². The van der Waals surface area contributed by atoms with Crippen molar-refractivity contribution >= 4 is 110 Å². The Bertz CT molecular complexity index is 4120. The number of carbonyl (C=O) groups excluding carboxylic acids is 4. The first-order chi connectivity index (χ1) is 44.1. The van der Waals surface area contributed by atoms with Crippen LogP contribution in [0.3, 0.4) is 0 Å². The van der Waals surface area contributed by atoms with Crippen molar-refractivity contribution in [1.82, 2.24) is 20.4 Å². The Kier molecular flexibility index (Phi) is 23.7. The number of carbonyl (C=O) groups is 4. The number of fused-ring (bicyclic) bond motifs is 4. The first-order valence-corrected chi connectivity index (χ1v) is 36.4. The summed E-state index contributed by atoms with van der Waals surface area (Å²) >= 11 is 0. The molecule has 1 aliphatic carbocycles. The van der Waals surface area contributed by atoms with E-state index in [1.165, 1.54) is 10.4 Å². The number of anilines is 1. The van der Waals surface area contributed by atoms with Crippen LogP contribution in [0.25, 0.3) is 27.1 Å². The highest BCUT2D eigenvalue weighted by Gasteiger charge is 2.41. The third kappa shape index (κ3) is 17.0. The van der Waals surface area contributed by atoms with E-state index >= 15 is 0 Å². The monoisotopic (exact) mass is 1300 g/mol. The van der Waals surface area contributed by atoms with Crippen molar-refractivity contribution < 1.29 is 56.8 Å². The van der Waals surface area contributed by atoms with Gasteiger partial charge in [-0.05, 0) is 157 Å². The van der Waals surface area contributed by atoms with Crippen molar-refractivity contribution in [3.8, 4) is 0 Å². The van der Waals surface area contributed by atoms with Crippen molar-refractivity contribution in [2.75, 3.05) is 51.9 Å². The van der Waals surface area contributed by atoms with Crippen LogP contribution in [0.4, 0.5) is 5.69 Å². The average Bonchev–Trinajstić information content (AvgIpc) is 0.721. The summed E-state index contributed by atoms with van der Waals surface area (Å²) < 4.78 is 39.7. The third-order valence-corrected chi connectivity index (χ3v) is 22.3. The summed E-state index contributed by atoms with van der Waals surface area (Å²) in [6, 6.07) is 32.2. The van der Waals surface area contributed by atoms with Gasteiger partial charge in [0.1, 0.15) is 34.0 Å². The predicted octanol–water partition coefficient (Wildman–Crippen LogP) is 6.80. The van der Waals surface area contributed by atoms with E-state index < -0.39 is 56.2 Å². The van der Waals surface area contributed by atoms with Gasteiger partial charge >= 0.3 is 14.2 Å². The molecule has 0 spiro atoms. The van der Waals surface area contributed by atoms with Gasteiger partial charge in [-0.2, -0.15) is 8.42 Å². The van der Waals surface area contributed by atoms with E-state index in [1.54, 1.807) is 55.1 Å². The molecule has 0 saturated carbocycles. The van der Waals surface area contributed by atoms with Gasteiger partial charge in [0.2, 0.25) is 11.8 Å². The van der Waals surface area contributed by atoms with Crippen molar-refractivity contribution in [3.05, 3.63) is 196 Å². The Hall–Kier alpha value is -7.69. The summed E-state index contributed by atoms with van der Waals surface area (Å²) in [6.07, 6.45) is 9.76. The molecule has 93 heavy (non-hydrogen) atoms. The lowest BCUT2D eigenvalue weighted by molar-refractivity contribution is -0.462. The van der Waals surface area contributed by atoms with Crippen molar-refractivity contribution in [2.24, 2.45) is 0 Å². The number of nitrogens with one attached hydrogen (secondary N) is 2. The van der Waals surface area contributed by atoms with E-state index in [2.05, 4.69) is 106 Å². The second kappa shape index (κ2) is 31.0. The molecule has 2 unspecified atom stereocenters. The summed E-state index contributed by atoms with van der Waals surface area (Å²) in [5.74, 6) is -2.15. The highest BCUT2D eigenvalue weighted by molar-refractivity contribution is 7.85. The predicted molar refractivity (Wildman–Crippen MR) is 378 cm³/mol. The summed E-state index contributed by atoms with van der Waals surface area (Å²) in [5.41, 5.74) is 9.87. The van der Waals surface area contributed by atoms with E-state index in [1.807, 2.05) is 71.5 Å². The first kappa shape index (κ1) is 71.2. The summed E-state index contributed by atoms with van der Waals surface area (Å²) in [5, 5.41) is 54.3. The molecule has 21 heteroatoms. The maximum Gasteiger partial charge on any atom is 0.488 e. The molecule has 0 fully saturated rings. The molecule has 0 bridgehead atoms. The molecule has 1 aliphatic heterocycles. The van der Waals surface area contributed by atoms with Crippen LogP contribution in [-0.2, 0) is 55.5 Å². The fraction of sp³-hybridized carbons (Fsp3) is 0.347. The minimum Gasteiger partial charge on any atom is -0.423 e. The zero-order chi connectivity index (χ0) is 67.6. The number of benzene rings is 6. The summed E-state index contributed by atoms with van der Waals surface area (Å²) in [6.45, 7) is 17.7. The lowest BCUT2D eigenvalue weighted by Gasteiger charge is -2.38. The molecule has 7 N–H and O–H groups in total. The molecule has 1 heterocycles. The van der Waals surface area contributed by atoms with Gasteiger partial charge in [-0.25, -0.2) is 4.58 Å². The van der Waals surface area contributed by atoms with Crippen LogP contribution in [-0.4, -0.2) is 158 Å². The highest BCUT2D eigenvalue weighted by Crippen LogP contribution is 2.44. The fourth-order valence-electron chi connectivity index (χ4n) is 12.9. The lowest BCUT2D eigenvalue weighted by atomic mass is 9.76. The molecule has 2 atom stereocenters. The lowest BCUT2D eigenvalue weighted by Crippen LogP contribution is -2.51. The topological polar surface area (TPSA) is 240 Å². The first-order valence-electron chi connectivity index (χ1n) is 31.8. The average molecular weight is 1300 g/mol. The number of nitrogens with zero attached hydrogens (tertiary/aromatic N) is 4. The third-order valence-electron chi connectivity index (χ3n) is 18.0. The number of unbranched alkanes of at least 4 members (excludes halogenated alkanes) is 2. The van der Waals surface area contributed by atoms with E-state index in [0.717, 1.165) is 60.8 Å². The van der Waals surface area contributed by atoms with E-state index in [0.29, 0.717) is 65.4 Å². The second-order valence-electron chi connectivity index (χ2n) is 25.6. The van der Waals surface area contributed by atoms with E-state index in [9.17, 15) is 52.2 Å². The largest absolute Gasteiger partial charge is 0.488 e. The molecule has 8 rings (SSSR count). The van der Waals surface area contributed by atoms with Crippen LogP contribution in [0.5, 0.6) is 0 Å². The Morgan fingerprint density at radius 1 is 0.656 bits per heavy atom. The number of hydrogen-bond donors (Lipinski definition) is 7. The van der Waals surface area contributed by atoms with Crippen LogP contribution < -0.4 is 31.6 Å². The van der Waals surface area contributed by atoms with Crippen LogP contribution >= 0.6 is 0 Å². The molecule has 2 aliphatic rings. The number of amides is 2. The minimum absolute atomic E-state index is 0.00527. The van der Waals surface area contributed by atoms with Gasteiger partial charge in [0.25, 0.3) is 10.1 Å². The number of rotatable bonds is 31. The summed E-state index contributed by atoms with van der Waals surface area (Å²) in [7, 11) is -2.98. The van der Waals surface area contributed by atoms with Gasteiger partial charge in [-0.1, -0.05) is 131 Å². The fourth-order valence-corrected chi connectivity index (χ4v) is 16.8. The van der Waals surface area contributed by atoms with Gasteiger partial charge in [0, 0.05) is 89.6 Å². The smallest absolute Gasteiger partial charge is 0.423 e. The maximum absolute atomic E-state index is 14.9. The molecule has 6 aromatic carbocycles. The molecule has 0 aromatic heterocycles. The summed E-state index contributed by atoms with van der Waals surface area (Å²) in [4.78, 5) is 60.5. The second-order valence-corrected chi connectivity index (χ2v) is 31.4. The van der Waals surface area contributed by atoms with Gasteiger partial charge in [0.05, 0.1) is 11.8 Å². The number of allylic oxidation sites excluding steroid dienone is 6. The Balaban J connectivity index is 1.41. The van der Waals surface area contributed by atoms with Gasteiger partial charge in [-0.3, -0.25) is 33.5 Å². The Morgan fingerprint density at radius 3 is 1.77 bits per heavy atom. The van der Waals surface area contributed by atoms with E-state index in [-0.39, 0.29) is 75.0 Å². The van der Waals surface area contributed by atoms with Crippen LogP contribution in [0.1, 0.15) is 99.1 Å². The SMILES string of the molecule is C=C(C)C(=O)CCCCCC(=O)C(CC)N(Cc1ccccc1B(O)O)Cc1c2ccccc2c(CN(Cc2ccccc2B(O)O)C(CS(=O)(=O)O)C(=O)NCCCNC(=O)C(=C)C)c2cc(C3=C4C=CC(=[N+](C)C)C=C4[Si](C)(C)c4cc(N(C)C)ccc43)ccc12. The number of ketones is 2. The van der Waals surface area contributed by atoms with Gasteiger partial charge in [0.15, 0.2) is 11.5 Å². The van der Waals surface area contributed by atoms with E-state index in [4.69, 9.17) is 0 Å². The molecule has 17 nitrogen and oxygen atoms in total. The minimum atomic E-state index is -4.91. The number of hydrogen-bond acceptors (Lipinski definition) is 13. The van der Waals surface area contributed by atoms with Crippen molar-refractivity contribution in [1.29, 1.82) is 0 Å². The van der Waals surface area contributed by atoms with Crippen LogP contribution in [0, 0.1) is 0 Å². The highest BCUT2D eigenvalue weighted by atomic mass is 32.2. The van der Waals surface area contributed by atoms with Crippen molar-refractivity contribution in [2.45, 2.75) is 117 Å². The maximum atomic E-state index is 14.9. The standard InChI is InChI=1S/C72H88B2N6O11SSi/c1-12-64(67(82)30-15-13-14-29-66(81)47(2)3)79(42-50-23-16-20-27-62(50)73(85)86)44-60-54-25-18-19-26-55(54)61(45-80(43-51-24-17-21-28-63(51)74(87)88)65(46-92(89,90)91)72(84)76-38-22-37-75-71(83)48(4)5)59-39-49(31-34-56(59)60)70-57-35-32-52(77(6)7)40-68(57)93(10,11)69-41-53(78(8)9)33-36-58(69)70/h16-21,23-28,31-36,39-41,64-65,85-88H,2,4,12-15,22,29-30,37-38,42-46H2,1,3,5-11H3,(H2-,75,76,83,84,89,90,91)/p+1. The van der Waals surface area contributed by atoms with Crippen LogP contribution in [0.15, 0.2) is 162 Å². The molecule has 488 valence electrons. The molecular formula is C72H89B2N6O11SSi+. The van der Waals surface area contributed by atoms with Gasteiger partial charge < -0.3 is 35.6 Å². The Morgan fingerprint density at radius 2 is 1.22 bits per heavy atom. The van der Waals surface area contributed by atoms with Gasteiger partial charge in [-0.15, -0.1) is 0 Å². The zero-order valence-corrected chi connectivity index (χ0v) is 56.9. The molecule has 0 radical (unpaired) electrons. The molecule has 0 saturated heterocycles. The Labute approximate surface area is 549 Å². The zero-order valence-electron chi connectivity index (χ0n) is 55.1. The molecule has 6 aromatic rings. The quantitative estimate of drug-likeness (QED) is 0.00592. The molecule has 2 amide bonds.